The number of nitrogens with zero attached hydrogens (tertiary/aromatic N) is 1. The number of ether oxygens (including phenoxy) is 1. The first-order chi connectivity index (χ1) is 5.70. The minimum Gasteiger partial charge on any atom is -0.379 e. The van der Waals surface area contributed by atoms with Crippen LogP contribution < -0.4 is 0 Å². The number of hydrogen-bond acceptors (Lipinski definition) is 4. The van der Waals surface area contributed by atoms with E-state index in [0.717, 1.165) is 26.3 Å². The van der Waals surface area contributed by atoms with Gasteiger partial charge in [0.05, 0.1) is 18.6 Å². The van der Waals surface area contributed by atoms with Crippen molar-refractivity contribution in [2.24, 2.45) is 0 Å². The second-order valence-electron chi connectivity index (χ2n) is 2.98. The number of rotatable bonds is 3. The maximum atomic E-state index is 5.28. The third-order valence-electron chi connectivity index (χ3n) is 1.95. The lowest BCUT2D eigenvalue weighted by Gasteiger charge is -2.32. The highest BCUT2D eigenvalue weighted by molar-refractivity contribution is 8.10. The fourth-order valence-electron chi connectivity index (χ4n) is 1.31. The monoisotopic (exact) mass is 207 g/mol. The van der Waals surface area contributed by atoms with Crippen LogP contribution >= 0.6 is 24.4 Å². The van der Waals surface area contributed by atoms with Gasteiger partial charge in [-0.15, -0.1) is 11.8 Å². The number of thioether (sulfide) groups is 1. The third-order valence-corrected chi connectivity index (χ3v) is 3.40. The van der Waals surface area contributed by atoms with Crippen LogP contribution in [0, 0.1) is 0 Å². The predicted octanol–water partition coefficient (Wildman–Crippen LogP) is 1.67. The van der Waals surface area contributed by atoms with E-state index >= 15 is 0 Å². The van der Waals surface area contributed by atoms with Gasteiger partial charge in [0.25, 0.3) is 0 Å². The van der Waals surface area contributed by atoms with Crippen LogP contribution in [-0.2, 0) is 4.74 Å². The lowest BCUT2D eigenvalue weighted by atomic mass is 10.4. The Morgan fingerprint density at radius 1 is 1.33 bits per heavy atom. The zero-order valence-corrected chi connectivity index (χ0v) is 9.40. The molecule has 0 spiro atoms. The molecule has 0 amide bonds. The SMILES string of the molecule is CC(S)SC(C)N1CCOCC1. The lowest BCUT2D eigenvalue weighted by molar-refractivity contribution is 0.0351. The molecule has 0 N–H and O–H groups in total. The van der Waals surface area contributed by atoms with Crippen molar-refractivity contribution in [3.63, 3.8) is 0 Å². The van der Waals surface area contributed by atoms with Crippen molar-refractivity contribution < 1.29 is 4.74 Å². The predicted molar refractivity (Wildman–Crippen MR) is 57.9 cm³/mol. The van der Waals surface area contributed by atoms with Crippen molar-refractivity contribution in [3.05, 3.63) is 0 Å². The Hall–Kier alpha value is 0.620. The summed E-state index contributed by atoms with van der Waals surface area (Å²) in [6, 6.07) is 0. The van der Waals surface area contributed by atoms with E-state index in [1.165, 1.54) is 0 Å². The van der Waals surface area contributed by atoms with E-state index in [-0.39, 0.29) is 0 Å². The summed E-state index contributed by atoms with van der Waals surface area (Å²) in [4.78, 5) is 2.45. The van der Waals surface area contributed by atoms with Crippen LogP contribution in [0.2, 0.25) is 0 Å². The van der Waals surface area contributed by atoms with Crippen LogP contribution in [0.4, 0.5) is 0 Å². The molecular weight excluding hydrogens is 190 g/mol. The highest BCUT2D eigenvalue weighted by atomic mass is 32.2. The van der Waals surface area contributed by atoms with E-state index in [1.54, 1.807) is 0 Å². The summed E-state index contributed by atoms with van der Waals surface area (Å²) in [5.74, 6) is 0. The first-order valence-electron chi connectivity index (χ1n) is 4.35. The molecule has 0 aromatic rings. The van der Waals surface area contributed by atoms with Crippen LogP contribution in [-0.4, -0.2) is 41.2 Å². The van der Waals surface area contributed by atoms with Gasteiger partial charge in [-0.25, -0.2) is 0 Å². The normalized spacial score (nSPS) is 25.2. The highest BCUT2D eigenvalue weighted by Crippen LogP contribution is 2.23. The number of hydrogen-bond donors (Lipinski definition) is 1. The molecule has 0 radical (unpaired) electrons. The minimum atomic E-state index is 0.419. The summed E-state index contributed by atoms with van der Waals surface area (Å²) >= 11 is 6.26. The van der Waals surface area contributed by atoms with E-state index in [2.05, 4.69) is 31.4 Å². The zero-order valence-electron chi connectivity index (χ0n) is 7.69. The molecule has 1 aliphatic rings. The van der Waals surface area contributed by atoms with Gasteiger partial charge in [-0.2, -0.15) is 12.6 Å². The topological polar surface area (TPSA) is 12.5 Å². The number of thiol groups is 1. The van der Waals surface area contributed by atoms with E-state index < -0.39 is 0 Å². The van der Waals surface area contributed by atoms with Crippen molar-refractivity contribution in [1.82, 2.24) is 4.90 Å². The Morgan fingerprint density at radius 2 is 1.92 bits per heavy atom. The van der Waals surface area contributed by atoms with Gasteiger partial charge in [0.15, 0.2) is 0 Å². The third kappa shape index (κ3) is 3.56. The molecule has 1 saturated heterocycles. The van der Waals surface area contributed by atoms with Crippen LogP contribution in [0.1, 0.15) is 13.8 Å². The molecule has 0 saturated carbocycles. The molecule has 0 aromatic carbocycles. The smallest absolute Gasteiger partial charge is 0.0594 e. The summed E-state index contributed by atoms with van der Waals surface area (Å²) < 4.78 is 5.70. The van der Waals surface area contributed by atoms with Crippen molar-refractivity contribution >= 4 is 24.4 Å². The zero-order chi connectivity index (χ0) is 8.97. The van der Waals surface area contributed by atoms with Crippen LogP contribution in [0.5, 0.6) is 0 Å². The Bertz CT molecular complexity index is 126. The first kappa shape index (κ1) is 10.7. The summed E-state index contributed by atoms with van der Waals surface area (Å²) in [6.45, 7) is 8.24. The molecule has 1 heterocycles. The fourth-order valence-corrected chi connectivity index (χ4v) is 2.79. The molecule has 1 rings (SSSR count). The Labute approximate surface area is 84.4 Å². The standard InChI is InChI=1S/C8H17NOS2/c1-7(12-8(2)11)9-3-5-10-6-4-9/h7-8,11H,3-6H2,1-2H3. The molecule has 2 atom stereocenters. The fraction of sp³-hybridized carbons (Fsp3) is 1.00. The maximum Gasteiger partial charge on any atom is 0.0594 e. The molecule has 0 bridgehead atoms. The summed E-state index contributed by atoms with van der Waals surface area (Å²) in [5, 5.41) is 0.571. The van der Waals surface area contributed by atoms with Gasteiger partial charge in [0.1, 0.15) is 0 Å². The summed E-state index contributed by atoms with van der Waals surface area (Å²) in [7, 11) is 0. The van der Waals surface area contributed by atoms with Crippen LogP contribution in [0.25, 0.3) is 0 Å². The van der Waals surface area contributed by atoms with Gasteiger partial charge in [0, 0.05) is 17.7 Å². The van der Waals surface area contributed by atoms with E-state index in [1.807, 2.05) is 11.8 Å². The molecule has 2 nitrogen and oxygen atoms in total. The van der Waals surface area contributed by atoms with Gasteiger partial charge >= 0.3 is 0 Å². The number of morpholine rings is 1. The van der Waals surface area contributed by atoms with Crippen LogP contribution in [0.15, 0.2) is 0 Å². The maximum absolute atomic E-state index is 5.28. The van der Waals surface area contributed by atoms with Crippen molar-refractivity contribution in [2.45, 2.75) is 23.8 Å². The van der Waals surface area contributed by atoms with Gasteiger partial charge in [-0.05, 0) is 13.8 Å². The molecule has 4 heteroatoms. The molecule has 2 unspecified atom stereocenters. The first-order valence-corrected chi connectivity index (χ1v) is 5.81. The Balaban J connectivity index is 2.24. The summed E-state index contributed by atoms with van der Waals surface area (Å²) in [6.07, 6.45) is 0. The average molecular weight is 207 g/mol. The second-order valence-corrected chi connectivity index (χ2v) is 5.77. The molecular formula is C8H17NOS2. The second kappa shape index (κ2) is 5.37. The lowest BCUT2D eigenvalue weighted by Crippen LogP contribution is -2.41. The van der Waals surface area contributed by atoms with Gasteiger partial charge in [-0.1, -0.05) is 0 Å². The van der Waals surface area contributed by atoms with Gasteiger partial charge in [0.2, 0.25) is 0 Å². The van der Waals surface area contributed by atoms with Gasteiger partial charge < -0.3 is 4.74 Å². The Kier molecular flexibility index (Phi) is 4.79. The van der Waals surface area contributed by atoms with Crippen molar-refractivity contribution in [3.8, 4) is 0 Å². The van der Waals surface area contributed by atoms with E-state index in [4.69, 9.17) is 4.74 Å². The molecule has 12 heavy (non-hydrogen) atoms. The molecule has 72 valence electrons. The minimum absolute atomic E-state index is 0.419. The quantitative estimate of drug-likeness (QED) is 0.559. The molecule has 1 fully saturated rings. The largest absolute Gasteiger partial charge is 0.379 e. The average Bonchev–Trinajstić information content (AvgIpc) is 2.05. The van der Waals surface area contributed by atoms with E-state index in [0.29, 0.717) is 9.96 Å². The molecule has 1 aliphatic heterocycles. The van der Waals surface area contributed by atoms with Crippen LogP contribution in [0.3, 0.4) is 0 Å². The molecule has 0 aromatic heterocycles. The summed E-state index contributed by atoms with van der Waals surface area (Å²) in [5.41, 5.74) is 0. The molecule has 0 aliphatic carbocycles. The highest BCUT2D eigenvalue weighted by Gasteiger charge is 2.17. The van der Waals surface area contributed by atoms with Gasteiger partial charge in [-0.3, -0.25) is 4.90 Å². The van der Waals surface area contributed by atoms with Crippen molar-refractivity contribution in [2.75, 3.05) is 26.3 Å². The van der Waals surface area contributed by atoms with Crippen molar-refractivity contribution in [1.29, 1.82) is 0 Å². The Morgan fingerprint density at radius 3 is 2.42 bits per heavy atom. The van der Waals surface area contributed by atoms with E-state index in [9.17, 15) is 0 Å².